The molecule has 100 valence electrons. The van der Waals surface area contributed by atoms with Crippen molar-refractivity contribution in [1.82, 2.24) is 10.0 Å². The first kappa shape index (κ1) is 14.9. The van der Waals surface area contributed by atoms with Gasteiger partial charge in [0.2, 0.25) is 10.0 Å². The first-order chi connectivity index (χ1) is 8.60. The molecule has 0 radical (unpaired) electrons. The number of hydrogen-bond donors (Lipinski definition) is 2. The van der Waals surface area contributed by atoms with Crippen LogP contribution in [0.3, 0.4) is 0 Å². The molecule has 1 rings (SSSR count). The molecule has 0 fully saturated rings. The van der Waals surface area contributed by atoms with Gasteiger partial charge in [0.25, 0.3) is 0 Å². The summed E-state index contributed by atoms with van der Waals surface area (Å²) in [5, 5.41) is 3.19. The zero-order valence-corrected chi connectivity index (χ0v) is 11.5. The van der Waals surface area contributed by atoms with Gasteiger partial charge < -0.3 is 5.32 Å². The molecule has 4 nitrogen and oxygen atoms in total. The van der Waals surface area contributed by atoms with Crippen LogP contribution in [0, 0.1) is 0 Å². The van der Waals surface area contributed by atoms with E-state index in [1.807, 2.05) is 19.1 Å². The summed E-state index contributed by atoms with van der Waals surface area (Å²) in [4.78, 5) is 0.298. The molecule has 0 amide bonds. The van der Waals surface area contributed by atoms with Crippen LogP contribution in [0.5, 0.6) is 0 Å². The van der Waals surface area contributed by atoms with Gasteiger partial charge in [-0.15, -0.1) is 6.58 Å². The fourth-order valence-corrected chi connectivity index (χ4v) is 2.48. The number of rotatable bonds is 8. The van der Waals surface area contributed by atoms with E-state index in [0.717, 1.165) is 18.7 Å². The molecule has 0 aliphatic heterocycles. The third-order valence-corrected chi connectivity index (χ3v) is 3.93. The van der Waals surface area contributed by atoms with Crippen LogP contribution in [0.15, 0.2) is 41.8 Å². The van der Waals surface area contributed by atoms with Gasteiger partial charge in [-0.2, -0.15) is 0 Å². The van der Waals surface area contributed by atoms with Gasteiger partial charge in [0, 0.05) is 13.1 Å². The summed E-state index contributed by atoms with van der Waals surface area (Å²) < 4.78 is 26.3. The Morgan fingerprint density at radius 1 is 1.28 bits per heavy atom. The molecule has 0 unspecified atom stereocenters. The molecule has 0 saturated carbocycles. The lowest BCUT2D eigenvalue weighted by Gasteiger charge is -2.07. The molecule has 0 saturated heterocycles. The van der Waals surface area contributed by atoms with E-state index in [1.54, 1.807) is 18.2 Å². The van der Waals surface area contributed by atoms with E-state index in [1.165, 1.54) is 0 Å². The summed E-state index contributed by atoms with van der Waals surface area (Å²) in [6.45, 7) is 7.60. The van der Waals surface area contributed by atoms with E-state index in [-0.39, 0.29) is 0 Å². The molecule has 0 heterocycles. The van der Waals surface area contributed by atoms with E-state index in [0.29, 0.717) is 17.9 Å². The van der Waals surface area contributed by atoms with Crippen molar-refractivity contribution < 1.29 is 8.42 Å². The van der Waals surface area contributed by atoms with Crippen molar-refractivity contribution in [2.75, 3.05) is 13.1 Å². The fourth-order valence-electron chi connectivity index (χ4n) is 1.43. The molecule has 5 heteroatoms. The van der Waals surface area contributed by atoms with Crippen LogP contribution in [0.4, 0.5) is 0 Å². The first-order valence-corrected chi connectivity index (χ1v) is 7.48. The SMILES string of the molecule is C=CCCNS(=O)(=O)c1ccc(CNCC)cc1. The minimum atomic E-state index is -3.39. The molecule has 1 aromatic rings. The number of nitrogens with one attached hydrogen (secondary N) is 2. The normalized spacial score (nSPS) is 11.4. The minimum absolute atomic E-state index is 0.298. The maximum atomic E-state index is 11.9. The third-order valence-electron chi connectivity index (χ3n) is 2.45. The Kier molecular flexibility index (Phi) is 6.04. The second kappa shape index (κ2) is 7.31. The van der Waals surface area contributed by atoms with Crippen LogP contribution in [0.2, 0.25) is 0 Å². The summed E-state index contributed by atoms with van der Waals surface area (Å²) in [7, 11) is -3.39. The second-order valence-electron chi connectivity index (χ2n) is 3.90. The number of sulfonamides is 1. The molecular formula is C13H20N2O2S. The van der Waals surface area contributed by atoms with Gasteiger partial charge in [0.05, 0.1) is 4.90 Å². The number of benzene rings is 1. The van der Waals surface area contributed by atoms with Crippen molar-refractivity contribution in [2.45, 2.75) is 24.8 Å². The van der Waals surface area contributed by atoms with Crippen molar-refractivity contribution in [2.24, 2.45) is 0 Å². The summed E-state index contributed by atoms with van der Waals surface area (Å²) in [6.07, 6.45) is 2.31. The van der Waals surface area contributed by atoms with E-state index < -0.39 is 10.0 Å². The van der Waals surface area contributed by atoms with Gasteiger partial charge in [0.1, 0.15) is 0 Å². The Hall–Kier alpha value is -1.17. The predicted octanol–water partition coefficient (Wildman–Crippen LogP) is 1.65. The summed E-state index contributed by atoms with van der Waals surface area (Å²) >= 11 is 0. The van der Waals surface area contributed by atoms with Crippen LogP contribution in [-0.4, -0.2) is 21.5 Å². The molecule has 1 aromatic carbocycles. The van der Waals surface area contributed by atoms with Crippen molar-refractivity contribution in [1.29, 1.82) is 0 Å². The monoisotopic (exact) mass is 268 g/mol. The first-order valence-electron chi connectivity index (χ1n) is 6.00. The molecule has 0 aromatic heterocycles. The van der Waals surface area contributed by atoms with E-state index in [9.17, 15) is 8.42 Å². The van der Waals surface area contributed by atoms with Crippen LogP contribution in [0.1, 0.15) is 18.9 Å². The largest absolute Gasteiger partial charge is 0.313 e. The van der Waals surface area contributed by atoms with E-state index in [2.05, 4.69) is 16.6 Å². The van der Waals surface area contributed by atoms with Gasteiger partial charge in [0.15, 0.2) is 0 Å². The smallest absolute Gasteiger partial charge is 0.240 e. The average molecular weight is 268 g/mol. The van der Waals surface area contributed by atoms with Crippen molar-refractivity contribution in [3.05, 3.63) is 42.5 Å². The summed E-state index contributed by atoms with van der Waals surface area (Å²) in [5.74, 6) is 0. The highest BCUT2D eigenvalue weighted by atomic mass is 32.2. The summed E-state index contributed by atoms with van der Waals surface area (Å²) in [5.41, 5.74) is 1.07. The minimum Gasteiger partial charge on any atom is -0.313 e. The van der Waals surface area contributed by atoms with Crippen molar-refractivity contribution >= 4 is 10.0 Å². The lowest BCUT2D eigenvalue weighted by molar-refractivity contribution is 0.582. The maximum absolute atomic E-state index is 11.9. The third kappa shape index (κ3) is 4.60. The Labute approximate surface area is 109 Å². The molecule has 0 aliphatic carbocycles. The van der Waals surface area contributed by atoms with Crippen LogP contribution >= 0.6 is 0 Å². The van der Waals surface area contributed by atoms with Crippen LogP contribution < -0.4 is 10.0 Å². The van der Waals surface area contributed by atoms with E-state index in [4.69, 9.17) is 0 Å². The second-order valence-corrected chi connectivity index (χ2v) is 5.67. The van der Waals surface area contributed by atoms with Gasteiger partial charge in [-0.3, -0.25) is 0 Å². The van der Waals surface area contributed by atoms with Gasteiger partial charge in [-0.1, -0.05) is 25.1 Å². The van der Waals surface area contributed by atoms with Gasteiger partial charge in [-0.25, -0.2) is 13.1 Å². The Morgan fingerprint density at radius 3 is 2.50 bits per heavy atom. The molecular weight excluding hydrogens is 248 g/mol. The Bertz CT molecular complexity index is 466. The standard InChI is InChI=1S/C13H20N2O2S/c1-3-5-10-15-18(16,17)13-8-6-12(7-9-13)11-14-4-2/h3,6-9,14-15H,1,4-5,10-11H2,2H3. The Morgan fingerprint density at radius 2 is 1.94 bits per heavy atom. The topological polar surface area (TPSA) is 58.2 Å². The van der Waals surface area contributed by atoms with Crippen LogP contribution in [-0.2, 0) is 16.6 Å². The molecule has 0 spiro atoms. The molecule has 0 atom stereocenters. The average Bonchev–Trinajstić information content (AvgIpc) is 2.37. The van der Waals surface area contributed by atoms with Crippen molar-refractivity contribution in [3.8, 4) is 0 Å². The lowest BCUT2D eigenvalue weighted by atomic mass is 10.2. The quantitative estimate of drug-likeness (QED) is 0.557. The summed E-state index contributed by atoms with van der Waals surface area (Å²) in [6, 6.07) is 6.90. The highest BCUT2D eigenvalue weighted by Gasteiger charge is 2.12. The molecule has 18 heavy (non-hydrogen) atoms. The van der Waals surface area contributed by atoms with E-state index >= 15 is 0 Å². The van der Waals surface area contributed by atoms with Crippen LogP contribution in [0.25, 0.3) is 0 Å². The molecule has 2 N–H and O–H groups in total. The van der Waals surface area contributed by atoms with Gasteiger partial charge >= 0.3 is 0 Å². The highest BCUT2D eigenvalue weighted by molar-refractivity contribution is 7.89. The molecule has 0 aliphatic rings. The zero-order valence-electron chi connectivity index (χ0n) is 10.6. The highest BCUT2D eigenvalue weighted by Crippen LogP contribution is 2.10. The Balaban J connectivity index is 2.68. The van der Waals surface area contributed by atoms with Gasteiger partial charge in [-0.05, 0) is 30.7 Å². The maximum Gasteiger partial charge on any atom is 0.240 e. The number of hydrogen-bond acceptors (Lipinski definition) is 3. The zero-order chi connectivity index (χ0) is 13.4. The predicted molar refractivity (Wildman–Crippen MR) is 73.8 cm³/mol. The molecule has 0 bridgehead atoms. The lowest BCUT2D eigenvalue weighted by Crippen LogP contribution is -2.24. The fraction of sp³-hybridized carbons (Fsp3) is 0.385. The van der Waals surface area contributed by atoms with Crippen molar-refractivity contribution in [3.63, 3.8) is 0 Å².